The van der Waals surface area contributed by atoms with Gasteiger partial charge < -0.3 is 15.1 Å². The van der Waals surface area contributed by atoms with Gasteiger partial charge in [-0.3, -0.25) is 4.79 Å². The van der Waals surface area contributed by atoms with E-state index in [2.05, 4.69) is 0 Å². The molecule has 4 nitrogen and oxygen atoms in total. The molecule has 0 bridgehead atoms. The average Bonchev–Trinajstić information content (AvgIpc) is 2.25. The van der Waals surface area contributed by atoms with E-state index in [4.69, 9.17) is 5.11 Å². The lowest BCUT2D eigenvalue weighted by molar-refractivity contribution is 0.0662. The maximum Gasteiger partial charge on any atom is 0.257 e. The summed E-state index contributed by atoms with van der Waals surface area (Å²) in [4.78, 5) is 13.6. The molecular weight excluding hydrogens is 206 g/mol. The number of hydrogen-bond donors (Lipinski definition) is 2. The van der Waals surface area contributed by atoms with E-state index in [1.807, 2.05) is 13.8 Å². The number of aliphatic hydroxyl groups is 1. The van der Waals surface area contributed by atoms with Gasteiger partial charge in [-0.15, -0.1) is 0 Å². The molecule has 88 valence electrons. The fourth-order valence-electron chi connectivity index (χ4n) is 1.51. The van der Waals surface area contributed by atoms with Gasteiger partial charge in [-0.05, 0) is 26.0 Å². The Morgan fingerprint density at radius 1 is 1.38 bits per heavy atom. The second-order valence-electron chi connectivity index (χ2n) is 3.83. The van der Waals surface area contributed by atoms with Crippen molar-refractivity contribution in [3.05, 3.63) is 29.8 Å². The first-order valence-corrected chi connectivity index (χ1v) is 5.27. The van der Waals surface area contributed by atoms with Gasteiger partial charge in [0.05, 0.1) is 12.2 Å². The number of nitrogens with zero attached hydrogens (tertiary/aromatic N) is 1. The number of hydrogen-bond acceptors (Lipinski definition) is 3. The second kappa shape index (κ2) is 5.51. The molecule has 16 heavy (non-hydrogen) atoms. The summed E-state index contributed by atoms with van der Waals surface area (Å²) in [5.41, 5.74) is 0.268. The minimum absolute atomic E-state index is 0.0146. The van der Waals surface area contributed by atoms with Crippen molar-refractivity contribution in [2.45, 2.75) is 19.9 Å². The Bertz CT molecular complexity index is 363. The molecule has 0 aliphatic rings. The zero-order valence-electron chi connectivity index (χ0n) is 9.55. The highest BCUT2D eigenvalue weighted by atomic mass is 16.3. The van der Waals surface area contributed by atoms with Crippen molar-refractivity contribution >= 4 is 5.91 Å². The highest BCUT2D eigenvalue weighted by Crippen LogP contribution is 2.18. The van der Waals surface area contributed by atoms with Gasteiger partial charge in [-0.1, -0.05) is 12.1 Å². The summed E-state index contributed by atoms with van der Waals surface area (Å²) in [6.07, 6.45) is 0. The maximum atomic E-state index is 12.1. The number of aliphatic hydroxyl groups excluding tert-OH is 1. The number of phenolic OH excluding ortho intramolecular Hbond substituents is 1. The van der Waals surface area contributed by atoms with Crippen molar-refractivity contribution < 1.29 is 15.0 Å². The highest BCUT2D eigenvalue weighted by Gasteiger charge is 2.20. The van der Waals surface area contributed by atoms with Crippen LogP contribution in [0.25, 0.3) is 0 Å². The molecule has 0 saturated heterocycles. The third-order valence-electron chi connectivity index (χ3n) is 2.36. The molecule has 1 rings (SSSR count). The molecule has 0 aliphatic carbocycles. The SMILES string of the molecule is CC(C)N(CCO)C(=O)c1ccccc1O. The van der Waals surface area contributed by atoms with Crippen molar-refractivity contribution in [2.75, 3.05) is 13.2 Å². The van der Waals surface area contributed by atoms with E-state index in [0.717, 1.165) is 0 Å². The molecule has 0 heterocycles. The van der Waals surface area contributed by atoms with E-state index >= 15 is 0 Å². The zero-order chi connectivity index (χ0) is 12.1. The van der Waals surface area contributed by atoms with Gasteiger partial charge >= 0.3 is 0 Å². The Balaban J connectivity index is 2.95. The minimum atomic E-state index is -0.262. The standard InChI is InChI=1S/C12H17NO3/c1-9(2)13(7-8-14)12(16)10-5-3-4-6-11(10)15/h3-6,9,14-15H,7-8H2,1-2H3. The second-order valence-corrected chi connectivity index (χ2v) is 3.83. The molecule has 0 radical (unpaired) electrons. The molecule has 1 aromatic carbocycles. The van der Waals surface area contributed by atoms with Gasteiger partial charge in [0.1, 0.15) is 5.75 Å². The van der Waals surface area contributed by atoms with Crippen LogP contribution in [0.3, 0.4) is 0 Å². The highest BCUT2D eigenvalue weighted by molar-refractivity contribution is 5.96. The van der Waals surface area contributed by atoms with Crippen molar-refractivity contribution in [2.24, 2.45) is 0 Å². The Hall–Kier alpha value is -1.55. The van der Waals surface area contributed by atoms with Crippen LogP contribution in [-0.2, 0) is 0 Å². The largest absolute Gasteiger partial charge is 0.507 e. The van der Waals surface area contributed by atoms with Gasteiger partial charge in [0.15, 0.2) is 0 Å². The van der Waals surface area contributed by atoms with E-state index in [1.165, 1.54) is 11.0 Å². The Morgan fingerprint density at radius 3 is 2.50 bits per heavy atom. The van der Waals surface area contributed by atoms with Gasteiger partial charge in [0, 0.05) is 12.6 Å². The van der Waals surface area contributed by atoms with Crippen molar-refractivity contribution in [3.63, 3.8) is 0 Å². The van der Waals surface area contributed by atoms with Crippen LogP contribution < -0.4 is 0 Å². The molecule has 0 aromatic heterocycles. The van der Waals surface area contributed by atoms with Gasteiger partial charge in [-0.25, -0.2) is 0 Å². The molecule has 2 N–H and O–H groups in total. The summed E-state index contributed by atoms with van der Waals surface area (Å²) < 4.78 is 0. The van der Waals surface area contributed by atoms with Crippen molar-refractivity contribution in [1.29, 1.82) is 0 Å². The molecule has 0 fully saturated rings. The van der Waals surface area contributed by atoms with Crippen LogP contribution in [-0.4, -0.2) is 40.2 Å². The Labute approximate surface area is 95.1 Å². The molecule has 0 atom stereocenters. The quantitative estimate of drug-likeness (QED) is 0.807. The molecular formula is C12H17NO3. The molecule has 0 unspecified atom stereocenters. The average molecular weight is 223 g/mol. The predicted octanol–water partition coefficient (Wildman–Crippen LogP) is 1.24. The summed E-state index contributed by atoms with van der Waals surface area (Å²) in [6.45, 7) is 3.92. The number of phenols is 1. The number of carbonyl (C=O) groups excluding carboxylic acids is 1. The summed E-state index contributed by atoms with van der Waals surface area (Å²) in [7, 11) is 0. The number of para-hydroxylation sites is 1. The fourth-order valence-corrected chi connectivity index (χ4v) is 1.51. The third kappa shape index (κ3) is 2.73. The number of amides is 1. The zero-order valence-corrected chi connectivity index (χ0v) is 9.55. The van der Waals surface area contributed by atoms with Crippen LogP contribution in [0.2, 0.25) is 0 Å². The van der Waals surface area contributed by atoms with E-state index in [0.29, 0.717) is 0 Å². The monoisotopic (exact) mass is 223 g/mol. The molecule has 0 spiro atoms. The van der Waals surface area contributed by atoms with Crippen molar-refractivity contribution in [3.8, 4) is 5.75 Å². The lowest BCUT2D eigenvalue weighted by Gasteiger charge is -2.26. The first-order valence-electron chi connectivity index (χ1n) is 5.27. The predicted molar refractivity (Wildman–Crippen MR) is 61.4 cm³/mol. The normalized spacial score (nSPS) is 10.5. The molecule has 4 heteroatoms. The van der Waals surface area contributed by atoms with Gasteiger partial charge in [-0.2, -0.15) is 0 Å². The number of rotatable bonds is 4. The summed E-state index contributed by atoms with van der Waals surface area (Å²) in [5.74, 6) is -0.293. The van der Waals surface area contributed by atoms with Crippen LogP contribution in [0, 0.1) is 0 Å². The van der Waals surface area contributed by atoms with E-state index in [-0.39, 0.29) is 36.4 Å². The first-order chi connectivity index (χ1) is 7.57. The van der Waals surface area contributed by atoms with Crippen molar-refractivity contribution in [1.82, 2.24) is 4.90 Å². The summed E-state index contributed by atoms with van der Waals surface area (Å²) >= 11 is 0. The Morgan fingerprint density at radius 2 is 2.00 bits per heavy atom. The Kier molecular flexibility index (Phi) is 4.31. The number of carbonyl (C=O) groups is 1. The fraction of sp³-hybridized carbons (Fsp3) is 0.417. The smallest absolute Gasteiger partial charge is 0.257 e. The first kappa shape index (κ1) is 12.5. The van der Waals surface area contributed by atoms with Gasteiger partial charge in [0.25, 0.3) is 5.91 Å². The van der Waals surface area contributed by atoms with E-state index < -0.39 is 0 Å². The summed E-state index contributed by atoms with van der Waals surface area (Å²) in [5, 5.41) is 18.5. The van der Waals surface area contributed by atoms with Crippen LogP contribution in [0.1, 0.15) is 24.2 Å². The molecule has 1 aromatic rings. The van der Waals surface area contributed by atoms with Crippen LogP contribution in [0.15, 0.2) is 24.3 Å². The van der Waals surface area contributed by atoms with Gasteiger partial charge in [0.2, 0.25) is 0 Å². The lowest BCUT2D eigenvalue weighted by atomic mass is 10.1. The maximum absolute atomic E-state index is 12.1. The van der Waals surface area contributed by atoms with E-state index in [9.17, 15) is 9.90 Å². The molecule has 0 saturated carbocycles. The summed E-state index contributed by atoms with van der Waals surface area (Å²) in [6, 6.07) is 6.40. The van der Waals surface area contributed by atoms with Crippen LogP contribution >= 0.6 is 0 Å². The molecule has 1 amide bonds. The van der Waals surface area contributed by atoms with Crippen LogP contribution in [0.4, 0.5) is 0 Å². The number of aromatic hydroxyl groups is 1. The van der Waals surface area contributed by atoms with Crippen LogP contribution in [0.5, 0.6) is 5.75 Å². The van der Waals surface area contributed by atoms with E-state index in [1.54, 1.807) is 18.2 Å². The lowest BCUT2D eigenvalue weighted by Crippen LogP contribution is -2.39. The number of benzene rings is 1. The third-order valence-corrected chi connectivity index (χ3v) is 2.36. The molecule has 0 aliphatic heterocycles. The minimum Gasteiger partial charge on any atom is -0.507 e. The topological polar surface area (TPSA) is 60.8 Å².